The van der Waals surface area contributed by atoms with Gasteiger partial charge in [0.2, 0.25) is 5.95 Å². The molecule has 2 aromatic heterocycles. The Morgan fingerprint density at radius 3 is 3.06 bits per heavy atom. The fraction of sp³-hybridized carbons (Fsp3) is 0.250. The molecular formula is C12H14N4O. The number of hydrogen-bond acceptors (Lipinski definition) is 4. The van der Waals surface area contributed by atoms with E-state index in [-0.39, 0.29) is 5.56 Å². The Morgan fingerprint density at radius 2 is 2.35 bits per heavy atom. The summed E-state index contributed by atoms with van der Waals surface area (Å²) in [6, 6.07) is 5.34. The van der Waals surface area contributed by atoms with Crippen molar-refractivity contribution in [3.63, 3.8) is 0 Å². The van der Waals surface area contributed by atoms with Gasteiger partial charge in [-0.3, -0.25) is 14.8 Å². The Hall–Kier alpha value is -2.17. The van der Waals surface area contributed by atoms with Gasteiger partial charge in [0.25, 0.3) is 5.56 Å². The van der Waals surface area contributed by atoms with Crippen LogP contribution in [0.1, 0.15) is 18.2 Å². The van der Waals surface area contributed by atoms with Crippen molar-refractivity contribution in [1.29, 1.82) is 0 Å². The topological polar surface area (TPSA) is 70.7 Å². The molecule has 0 saturated heterocycles. The third-order valence-corrected chi connectivity index (χ3v) is 2.34. The Morgan fingerprint density at radius 1 is 1.47 bits per heavy atom. The standard InChI is InChI=1S/C12H14N4O/c1-2-10-6-11(17)16-12(15-10)14-8-9-4-3-5-13-7-9/h3-7H,2,8H2,1H3,(H2,14,15,16,17). The minimum Gasteiger partial charge on any atom is -0.352 e. The molecule has 0 saturated carbocycles. The van der Waals surface area contributed by atoms with Crippen LogP contribution in [-0.4, -0.2) is 15.0 Å². The number of aromatic nitrogens is 3. The molecule has 0 spiro atoms. The highest BCUT2D eigenvalue weighted by molar-refractivity contribution is 5.27. The van der Waals surface area contributed by atoms with Crippen molar-refractivity contribution in [3.8, 4) is 0 Å². The predicted octanol–water partition coefficient (Wildman–Crippen LogP) is 1.34. The summed E-state index contributed by atoms with van der Waals surface area (Å²) >= 11 is 0. The Balaban J connectivity index is 2.09. The molecule has 2 N–H and O–H groups in total. The molecule has 0 aliphatic rings. The van der Waals surface area contributed by atoms with Gasteiger partial charge in [-0.25, -0.2) is 4.98 Å². The van der Waals surface area contributed by atoms with Crippen LogP contribution >= 0.6 is 0 Å². The minimum absolute atomic E-state index is 0.134. The molecule has 0 radical (unpaired) electrons. The average Bonchev–Trinajstić information content (AvgIpc) is 2.37. The average molecular weight is 230 g/mol. The van der Waals surface area contributed by atoms with E-state index in [1.165, 1.54) is 6.07 Å². The van der Waals surface area contributed by atoms with Gasteiger partial charge >= 0.3 is 0 Å². The first-order valence-corrected chi connectivity index (χ1v) is 5.51. The van der Waals surface area contributed by atoms with E-state index in [2.05, 4.69) is 20.3 Å². The molecule has 2 heterocycles. The molecule has 0 fully saturated rings. The summed E-state index contributed by atoms with van der Waals surface area (Å²) in [6.07, 6.45) is 4.24. The molecule has 0 amide bonds. The number of aromatic amines is 1. The summed E-state index contributed by atoms with van der Waals surface area (Å²) in [6.45, 7) is 2.55. The van der Waals surface area contributed by atoms with Crippen LogP contribution in [0.25, 0.3) is 0 Å². The number of anilines is 1. The van der Waals surface area contributed by atoms with Crippen molar-refractivity contribution in [2.45, 2.75) is 19.9 Å². The first-order chi connectivity index (χ1) is 8.28. The van der Waals surface area contributed by atoms with Gasteiger partial charge in [-0.1, -0.05) is 13.0 Å². The van der Waals surface area contributed by atoms with Crippen LogP contribution < -0.4 is 10.9 Å². The van der Waals surface area contributed by atoms with Gasteiger partial charge in [-0.2, -0.15) is 0 Å². The molecule has 88 valence electrons. The molecule has 0 bridgehead atoms. The van der Waals surface area contributed by atoms with Crippen LogP contribution in [-0.2, 0) is 13.0 Å². The number of H-pyrrole nitrogens is 1. The summed E-state index contributed by atoms with van der Waals surface area (Å²) in [7, 11) is 0. The maximum Gasteiger partial charge on any atom is 0.252 e. The Kier molecular flexibility index (Phi) is 3.49. The van der Waals surface area contributed by atoms with Crippen molar-refractivity contribution < 1.29 is 0 Å². The lowest BCUT2D eigenvalue weighted by Crippen LogP contribution is -2.13. The van der Waals surface area contributed by atoms with Crippen LogP contribution in [0, 0.1) is 0 Å². The zero-order valence-corrected chi connectivity index (χ0v) is 9.60. The van der Waals surface area contributed by atoms with E-state index >= 15 is 0 Å². The largest absolute Gasteiger partial charge is 0.352 e. The van der Waals surface area contributed by atoms with E-state index < -0.39 is 0 Å². The molecule has 0 atom stereocenters. The molecule has 0 aliphatic carbocycles. The number of rotatable bonds is 4. The molecule has 5 nitrogen and oxygen atoms in total. The highest BCUT2D eigenvalue weighted by atomic mass is 16.1. The summed E-state index contributed by atoms with van der Waals surface area (Å²) in [5, 5.41) is 3.07. The number of hydrogen-bond donors (Lipinski definition) is 2. The number of nitrogens with one attached hydrogen (secondary N) is 2. The highest BCUT2D eigenvalue weighted by Crippen LogP contribution is 2.02. The Labute approximate surface area is 99.0 Å². The third-order valence-electron chi connectivity index (χ3n) is 2.34. The van der Waals surface area contributed by atoms with E-state index in [1.54, 1.807) is 12.4 Å². The number of pyridine rings is 1. The van der Waals surface area contributed by atoms with Crippen LogP contribution in [0.5, 0.6) is 0 Å². The normalized spacial score (nSPS) is 10.2. The zero-order valence-electron chi connectivity index (χ0n) is 9.60. The second-order valence-electron chi connectivity index (χ2n) is 3.65. The molecule has 17 heavy (non-hydrogen) atoms. The minimum atomic E-state index is -0.134. The lowest BCUT2D eigenvalue weighted by molar-refractivity contribution is 0.956. The van der Waals surface area contributed by atoms with Gasteiger partial charge in [-0.05, 0) is 18.1 Å². The first-order valence-electron chi connectivity index (χ1n) is 5.51. The summed E-state index contributed by atoms with van der Waals surface area (Å²) in [5.74, 6) is 0.498. The van der Waals surface area contributed by atoms with Gasteiger partial charge in [0.15, 0.2) is 0 Å². The molecule has 0 unspecified atom stereocenters. The quantitative estimate of drug-likeness (QED) is 0.831. The lowest BCUT2D eigenvalue weighted by atomic mass is 10.3. The highest BCUT2D eigenvalue weighted by Gasteiger charge is 1.99. The zero-order chi connectivity index (χ0) is 12.1. The van der Waals surface area contributed by atoms with E-state index in [0.717, 1.165) is 17.7 Å². The third kappa shape index (κ3) is 3.14. The van der Waals surface area contributed by atoms with Crippen LogP contribution in [0.4, 0.5) is 5.95 Å². The van der Waals surface area contributed by atoms with Gasteiger partial charge in [0.05, 0.1) is 0 Å². The smallest absolute Gasteiger partial charge is 0.252 e. The maximum absolute atomic E-state index is 11.3. The van der Waals surface area contributed by atoms with E-state index in [0.29, 0.717) is 12.5 Å². The monoisotopic (exact) mass is 230 g/mol. The second kappa shape index (κ2) is 5.25. The fourth-order valence-corrected chi connectivity index (χ4v) is 1.46. The lowest BCUT2D eigenvalue weighted by Gasteiger charge is -2.05. The fourth-order valence-electron chi connectivity index (χ4n) is 1.46. The molecule has 5 heteroatoms. The van der Waals surface area contributed by atoms with Gasteiger partial charge in [-0.15, -0.1) is 0 Å². The maximum atomic E-state index is 11.3. The summed E-state index contributed by atoms with van der Waals surface area (Å²) in [5.41, 5.74) is 1.69. The van der Waals surface area contributed by atoms with Gasteiger partial charge < -0.3 is 5.32 Å². The van der Waals surface area contributed by atoms with E-state index in [9.17, 15) is 4.79 Å². The Bertz CT molecular complexity index is 536. The van der Waals surface area contributed by atoms with Crippen LogP contribution in [0.3, 0.4) is 0 Å². The number of aryl methyl sites for hydroxylation is 1. The van der Waals surface area contributed by atoms with Crippen molar-refractivity contribution >= 4 is 5.95 Å². The van der Waals surface area contributed by atoms with Crippen LogP contribution in [0.15, 0.2) is 35.4 Å². The van der Waals surface area contributed by atoms with Gasteiger partial charge in [0.1, 0.15) is 0 Å². The van der Waals surface area contributed by atoms with E-state index in [1.807, 2.05) is 19.1 Å². The SMILES string of the molecule is CCc1cc(=O)[nH]c(NCc2cccnc2)n1. The van der Waals surface area contributed by atoms with Crippen molar-refractivity contribution in [2.75, 3.05) is 5.32 Å². The van der Waals surface area contributed by atoms with Crippen LogP contribution in [0.2, 0.25) is 0 Å². The number of nitrogens with zero attached hydrogens (tertiary/aromatic N) is 2. The molecule has 2 aromatic rings. The summed E-state index contributed by atoms with van der Waals surface area (Å²) in [4.78, 5) is 22.3. The first kappa shape index (κ1) is 11.3. The van der Waals surface area contributed by atoms with Crippen molar-refractivity contribution in [1.82, 2.24) is 15.0 Å². The molecule has 0 aromatic carbocycles. The van der Waals surface area contributed by atoms with Crippen molar-refractivity contribution in [2.24, 2.45) is 0 Å². The second-order valence-corrected chi connectivity index (χ2v) is 3.65. The summed E-state index contributed by atoms with van der Waals surface area (Å²) < 4.78 is 0. The van der Waals surface area contributed by atoms with Gasteiger partial charge in [0, 0.05) is 30.7 Å². The van der Waals surface area contributed by atoms with E-state index in [4.69, 9.17) is 0 Å². The molecule has 0 aliphatic heterocycles. The van der Waals surface area contributed by atoms with Crippen molar-refractivity contribution in [3.05, 3.63) is 52.2 Å². The molecule has 2 rings (SSSR count). The predicted molar refractivity (Wildman–Crippen MR) is 65.8 cm³/mol. The molecular weight excluding hydrogens is 216 g/mol.